The molecule has 1 atom stereocenters. The molecule has 0 bridgehead atoms. The van der Waals surface area contributed by atoms with Crippen LogP contribution in [0.15, 0.2) is 0 Å². The van der Waals surface area contributed by atoms with Gasteiger partial charge in [0.15, 0.2) is 6.54 Å². The van der Waals surface area contributed by atoms with Gasteiger partial charge in [-0.1, -0.05) is 124 Å². The molecule has 0 N–H and O–H groups in total. The van der Waals surface area contributed by atoms with Gasteiger partial charge in [-0.05, 0) is 39.0 Å². The lowest BCUT2D eigenvalue weighted by atomic mass is 9.84. The third-order valence-electron chi connectivity index (χ3n) is 10.4. The number of nitrogens with zero attached hydrogens (tertiary/aromatic N) is 2. The molecule has 0 radical (unpaired) electrons. The first-order valence-electron chi connectivity index (χ1n) is 22.6. The number of hydrogen-bond acceptors (Lipinski definition) is 8. The van der Waals surface area contributed by atoms with E-state index in [4.69, 9.17) is 33.3 Å². The molecule has 0 spiro atoms. The zero-order chi connectivity index (χ0) is 41.4. The molecule has 0 aliphatic heterocycles. The fourth-order valence-corrected chi connectivity index (χ4v) is 6.84. The Morgan fingerprint density at radius 3 is 1.28 bits per heavy atom. The number of rotatable bonds is 41. The molecular weight excluding hydrogens is 856 g/mol. The van der Waals surface area contributed by atoms with Crippen molar-refractivity contribution >= 4 is 12.1 Å². The lowest BCUT2D eigenvalue weighted by Gasteiger charge is -2.35. The lowest BCUT2D eigenvalue weighted by molar-refractivity contribution is -0.890. The van der Waals surface area contributed by atoms with Crippen LogP contribution >= 0.6 is 0 Å². The third-order valence-corrected chi connectivity index (χ3v) is 10.4. The van der Waals surface area contributed by atoms with Gasteiger partial charge < -0.3 is 66.6 Å². The Bertz CT molecular complexity index is 848. The zero-order valence-electron chi connectivity index (χ0n) is 38.5. The number of ether oxygens (including phenoxy) is 5. The van der Waals surface area contributed by atoms with Gasteiger partial charge in [0, 0.05) is 25.2 Å². The quantitative estimate of drug-likeness (QED) is 0.0524. The van der Waals surface area contributed by atoms with Crippen molar-refractivity contribution in [1.29, 1.82) is 0 Å². The Morgan fingerprint density at radius 1 is 0.474 bits per heavy atom. The number of carbonyl (C=O) groups is 1. The van der Waals surface area contributed by atoms with Crippen LogP contribution in [0.3, 0.4) is 0 Å². The molecular formula is C45H92Br2N2O8. The van der Waals surface area contributed by atoms with Crippen molar-refractivity contribution in [3.8, 4) is 0 Å². The highest BCUT2D eigenvalue weighted by molar-refractivity contribution is 5.70. The van der Waals surface area contributed by atoms with E-state index in [1.54, 1.807) is 0 Å². The smallest absolute Gasteiger partial charge is 0.373 e. The van der Waals surface area contributed by atoms with Crippen LogP contribution in [0.5, 0.6) is 0 Å². The van der Waals surface area contributed by atoms with Gasteiger partial charge in [0.2, 0.25) is 0 Å². The average Bonchev–Trinajstić information content (AvgIpc) is 3.13. The number of halogens is 2. The summed E-state index contributed by atoms with van der Waals surface area (Å²) in [6, 6.07) is 0. The van der Waals surface area contributed by atoms with Gasteiger partial charge in [-0.25, -0.2) is 4.79 Å². The van der Waals surface area contributed by atoms with Gasteiger partial charge in [0.1, 0.15) is 13.1 Å². The van der Waals surface area contributed by atoms with Crippen LogP contribution in [0.2, 0.25) is 0 Å². The van der Waals surface area contributed by atoms with Crippen molar-refractivity contribution in [3.63, 3.8) is 0 Å². The molecule has 12 heteroatoms. The monoisotopic (exact) mass is 947 g/mol. The van der Waals surface area contributed by atoms with Crippen LogP contribution in [-0.2, 0) is 38.1 Å². The van der Waals surface area contributed by atoms with E-state index in [0.717, 1.165) is 76.2 Å². The molecule has 0 heterocycles. The zero-order valence-corrected chi connectivity index (χ0v) is 41.6. The van der Waals surface area contributed by atoms with E-state index in [2.05, 4.69) is 49.0 Å². The highest BCUT2D eigenvalue weighted by Gasteiger charge is 2.32. The van der Waals surface area contributed by atoms with Crippen LogP contribution in [0.4, 0.5) is 0 Å². The second-order valence-electron chi connectivity index (χ2n) is 17.1. The van der Waals surface area contributed by atoms with E-state index in [9.17, 15) is 4.79 Å². The summed E-state index contributed by atoms with van der Waals surface area (Å²) in [5.74, 6) is -0.154. The molecule has 0 unspecified atom stereocenters. The van der Waals surface area contributed by atoms with Crippen molar-refractivity contribution in [2.45, 2.75) is 163 Å². The Hall–Kier alpha value is -0.430. The van der Waals surface area contributed by atoms with E-state index >= 15 is 0 Å². The molecule has 0 rings (SSSR count). The topological polar surface area (TPSA) is 97.4 Å². The Kier molecular flexibility index (Phi) is 50.0. The van der Waals surface area contributed by atoms with Gasteiger partial charge in [-0.2, -0.15) is 9.59 Å². The van der Waals surface area contributed by atoms with Crippen molar-refractivity contribution in [2.75, 3.05) is 114 Å². The fraction of sp³-hybridized carbons (Fsp3) is 0.956. The summed E-state index contributed by atoms with van der Waals surface area (Å²) in [4.78, 5) is 28.4. The van der Waals surface area contributed by atoms with Crippen LogP contribution in [-0.4, -0.2) is 135 Å². The summed E-state index contributed by atoms with van der Waals surface area (Å²) in [5.41, 5.74) is -0.180. The molecule has 0 fully saturated rings. The van der Waals surface area contributed by atoms with Crippen LogP contribution in [0.1, 0.15) is 163 Å². The standard InChI is InChI=1S/C44H92N2O6.CO2.2BrH/c1-9-13-15-17-18-19-20-21-24-29-36-49-40-44(41-50-37-32-45(5,6)31-11-3,42-51-38-33-46(7,8)39-43(47)52-12-4)30-26-23-22-25-28-35-48-34-27-16-14-10-2;2-1-3;;/h9-42H2,1-8H3;;2*1H/q+2;;;/p-2/t44-;;;/m0.../s1. The molecule has 0 aliphatic rings. The Morgan fingerprint density at radius 2 is 0.842 bits per heavy atom. The minimum Gasteiger partial charge on any atom is -1.00 e. The molecule has 57 heavy (non-hydrogen) atoms. The molecule has 0 amide bonds. The van der Waals surface area contributed by atoms with Crippen molar-refractivity contribution < 1.29 is 81.0 Å². The van der Waals surface area contributed by atoms with Gasteiger partial charge in [0.05, 0.1) is 74.4 Å². The number of unbranched alkanes of at least 4 members (excludes halogenated alkanes) is 16. The van der Waals surface area contributed by atoms with Crippen LogP contribution in [0.25, 0.3) is 0 Å². The maximum Gasteiger partial charge on any atom is 0.373 e. The van der Waals surface area contributed by atoms with Crippen LogP contribution < -0.4 is 34.0 Å². The first-order valence-corrected chi connectivity index (χ1v) is 22.6. The molecule has 0 saturated carbocycles. The summed E-state index contributed by atoms with van der Waals surface area (Å²) in [6.45, 7) is 18.2. The first kappa shape index (κ1) is 63.2. The highest BCUT2D eigenvalue weighted by Crippen LogP contribution is 2.28. The molecule has 0 aliphatic carbocycles. The second kappa shape index (κ2) is 45.1. The second-order valence-corrected chi connectivity index (χ2v) is 17.1. The SMILES string of the molecule is CCCCCCCCCCCCOC[C@@](CCCCCCCOCCCCCC)(COCC[N+](C)(C)CCC)COCC[N+](C)(C)CC(=O)OCC.O=C=O.[Br-].[Br-]. The number of quaternary nitrogens is 2. The maximum atomic E-state index is 12.2. The fourth-order valence-electron chi connectivity index (χ4n) is 6.84. The molecule has 0 aromatic rings. The third kappa shape index (κ3) is 44.9. The average molecular weight is 949 g/mol. The van der Waals surface area contributed by atoms with E-state index in [1.807, 2.05) is 6.92 Å². The lowest BCUT2D eigenvalue weighted by Crippen LogP contribution is -3.00. The number of hydrogen-bond donors (Lipinski definition) is 0. The summed E-state index contributed by atoms with van der Waals surface area (Å²) >= 11 is 0. The molecule has 0 saturated heterocycles. The summed E-state index contributed by atoms with van der Waals surface area (Å²) in [5, 5.41) is 0. The Balaban J connectivity index is -0.00000271. The minimum absolute atomic E-state index is 0. The van der Waals surface area contributed by atoms with Gasteiger partial charge >= 0.3 is 12.1 Å². The largest absolute Gasteiger partial charge is 1.00 e. The molecule has 10 nitrogen and oxygen atoms in total. The van der Waals surface area contributed by atoms with Crippen LogP contribution in [0, 0.1) is 5.41 Å². The van der Waals surface area contributed by atoms with Crippen molar-refractivity contribution in [2.24, 2.45) is 5.41 Å². The van der Waals surface area contributed by atoms with Crippen molar-refractivity contribution in [3.05, 3.63) is 0 Å². The van der Waals surface area contributed by atoms with E-state index in [-0.39, 0.29) is 51.5 Å². The summed E-state index contributed by atoms with van der Waals surface area (Å²) in [6.07, 6.45) is 26.8. The van der Waals surface area contributed by atoms with E-state index in [0.29, 0.717) is 44.1 Å². The summed E-state index contributed by atoms with van der Waals surface area (Å²) in [7, 11) is 8.74. The molecule has 344 valence electrons. The van der Waals surface area contributed by atoms with Gasteiger partial charge in [0.25, 0.3) is 0 Å². The van der Waals surface area contributed by atoms with Gasteiger partial charge in [-0.15, -0.1) is 0 Å². The number of likely N-dealkylation sites (N-methyl/N-ethyl adjacent to an activating group) is 2. The maximum absolute atomic E-state index is 12.2. The summed E-state index contributed by atoms with van der Waals surface area (Å²) < 4.78 is 32.1. The first-order chi connectivity index (χ1) is 26.5. The minimum atomic E-state index is -0.180. The van der Waals surface area contributed by atoms with Gasteiger partial charge in [-0.3, -0.25) is 0 Å². The predicted molar refractivity (Wildman–Crippen MR) is 225 cm³/mol. The molecule has 0 aromatic carbocycles. The normalized spacial score (nSPS) is 12.4. The Labute approximate surface area is 373 Å². The van der Waals surface area contributed by atoms with Crippen molar-refractivity contribution in [1.82, 2.24) is 0 Å². The van der Waals surface area contributed by atoms with E-state index in [1.165, 1.54) is 109 Å². The highest BCUT2D eigenvalue weighted by atomic mass is 79.9. The number of esters is 1. The van der Waals surface area contributed by atoms with E-state index < -0.39 is 0 Å². The predicted octanol–water partition coefficient (Wildman–Crippen LogP) is 3.43. The number of carbonyl (C=O) groups excluding carboxylic acids is 3. The molecule has 0 aromatic heterocycles.